The van der Waals surface area contributed by atoms with Gasteiger partial charge in [0.25, 0.3) is 0 Å². The number of ether oxygens (including phenoxy) is 1. The fraction of sp³-hybridized carbons (Fsp3) is 0.647. The van der Waals surface area contributed by atoms with Crippen molar-refractivity contribution in [1.82, 2.24) is 5.32 Å². The summed E-state index contributed by atoms with van der Waals surface area (Å²) in [6, 6.07) is 6.40. The van der Waals surface area contributed by atoms with E-state index in [4.69, 9.17) is 16.3 Å². The first-order chi connectivity index (χ1) is 9.67. The Labute approximate surface area is 126 Å². The Kier molecular flexibility index (Phi) is 4.23. The third kappa shape index (κ3) is 2.82. The Morgan fingerprint density at radius 2 is 2.20 bits per heavy atom. The average Bonchev–Trinajstić information content (AvgIpc) is 3.07. The van der Waals surface area contributed by atoms with Crippen LogP contribution in [0.5, 0.6) is 5.75 Å². The number of nitrogens with one attached hydrogen (secondary N) is 1. The van der Waals surface area contributed by atoms with Gasteiger partial charge in [-0.2, -0.15) is 0 Å². The second-order valence-corrected chi connectivity index (χ2v) is 6.90. The van der Waals surface area contributed by atoms with Gasteiger partial charge in [0.1, 0.15) is 5.75 Å². The Balaban J connectivity index is 1.60. The van der Waals surface area contributed by atoms with Gasteiger partial charge in [0.15, 0.2) is 0 Å². The highest BCUT2D eigenvalue weighted by molar-refractivity contribution is 6.30. The molecule has 110 valence electrons. The van der Waals surface area contributed by atoms with Gasteiger partial charge < -0.3 is 10.1 Å². The number of hydrogen-bond donors (Lipinski definition) is 1. The number of halogens is 1. The SMILES string of the molecule is COc1ccc(Cl)cc1CNC(C)C1CC2CCC1C2. The van der Waals surface area contributed by atoms with Crippen LogP contribution in [0.3, 0.4) is 0 Å². The standard InChI is InChI=1S/C17H24ClNO/c1-11(16-8-12-3-4-13(16)7-12)19-10-14-9-15(18)5-6-17(14)20-2/h5-6,9,11-13,16,19H,3-4,7-8,10H2,1-2H3. The molecule has 1 N–H and O–H groups in total. The van der Waals surface area contributed by atoms with Crippen LogP contribution >= 0.6 is 11.6 Å². The van der Waals surface area contributed by atoms with E-state index >= 15 is 0 Å². The zero-order chi connectivity index (χ0) is 14.1. The van der Waals surface area contributed by atoms with Gasteiger partial charge in [-0.1, -0.05) is 18.0 Å². The molecule has 1 aromatic rings. The second kappa shape index (κ2) is 5.95. The first-order valence-corrected chi connectivity index (χ1v) is 8.11. The summed E-state index contributed by atoms with van der Waals surface area (Å²) in [6.45, 7) is 3.17. The summed E-state index contributed by atoms with van der Waals surface area (Å²) in [5, 5.41) is 4.46. The summed E-state index contributed by atoms with van der Waals surface area (Å²) in [5.41, 5.74) is 1.15. The molecule has 0 aromatic heterocycles. The molecular formula is C17H24ClNO. The molecule has 2 saturated carbocycles. The molecule has 2 bridgehead atoms. The van der Waals surface area contributed by atoms with Crippen molar-refractivity contribution in [3.63, 3.8) is 0 Å². The molecule has 4 atom stereocenters. The lowest BCUT2D eigenvalue weighted by atomic mass is 9.84. The highest BCUT2D eigenvalue weighted by Gasteiger charge is 2.41. The summed E-state index contributed by atoms with van der Waals surface area (Å²) in [6.07, 6.45) is 5.81. The molecule has 2 nitrogen and oxygen atoms in total. The topological polar surface area (TPSA) is 21.3 Å². The van der Waals surface area contributed by atoms with Crippen LogP contribution in [0.15, 0.2) is 18.2 Å². The van der Waals surface area contributed by atoms with E-state index in [9.17, 15) is 0 Å². The van der Waals surface area contributed by atoms with E-state index in [0.29, 0.717) is 6.04 Å². The van der Waals surface area contributed by atoms with E-state index in [1.54, 1.807) is 7.11 Å². The van der Waals surface area contributed by atoms with Gasteiger partial charge in [-0.05, 0) is 62.1 Å². The molecule has 0 saturated heterocycles. The monoisotopic (exact) mass is 293 g/mol. The van der Waals surface area contributed by atoms with Crippen molar-refractivity contribution in [2.45, 2.75) is 45.2 Å². The molecule has 0 amide bonds. The maximum Gasteiger partial charge on any atom is 0.123 e. The van der Waals surface area contributed by atoms with Crippen molar-refractivity contribution in [3.05, 3.63) is 28.8 Å². The van der Waals surface area contributed by atoms with E-state index in [1.165, 1.54) is 25.7 Å². The number of methoxy groups -OCH3 is 1. The zero-order valence-corrected chi connectivity index (χ0v) is 13.1. The van der Waals surface area contributed by atoms with E-state index in [1.807, 2.05) is 18.2 Å². The van der Waals surface area contributed by atoms with E-state index in [-0.39, 0.29) is 0 Å². The summed E-state index contributed by atoms with van der Waals surface area (Å²) < 4.78 is 5.41. The van der Waals surface area contributed by atoms with Crippen LogP contribution in [0, 0.1) is 17.8 Å². The predicted molar refractivity (Wildman–Crippen MR) is 83.2 cm³/mol. The summed E-state index contributed by atoms with van der Waals surface area (Å²) in [4.78, 5) is 0. The Hall–Kier alpha value is -0.730. The Morgan fingerprint density at radius 3 is 2.85 bits per heavy atom. The van der Waals surface area contributed by atoms with Gasteiger partial charge in [-0.3, -0.25) is 0 Å². The number of benzene rings is 1. The highest BCUT2D eigenvalue weighted by atomic mass is 35.5. The van der Waals surface area contributed by atoms with Gasteiger partial charge in [0.2, 0.25) is 0 Å². The minimum atomic E-state index is 0.578. The molecule has 1 aromatic carbocycles. The molecule has 4 unspecified atom stereocenters. The van der Waals surface area contributed by atoms with Crippen LogP contribution in [0.25, 0.3) is 0 Å². The van der Waals surface area contributed by atoms with Crippen molar-refractivity contribution in [3.8, 4) is 5.75 Å². The highest BCUT2D eigenvalue weighted by Crippen LogP contribution is 2.49. The normalized spacial score (nSPS) is 29.6. The molecule has 0 spiro atoms. The van der Waals surface area contributed by atoms with Gasteiger partial charge in [0.05, 0.1) is 7.11 Å². The maximum atomic E-state index is 6.08. The first-order valence-electron chi connectivity index (χ1n) is 7.73. The van der Waals surface area contributed by atoms with Crippen molar-refractivity contribution in [2.75, 3.05) is 7.11 Å². The number of fused-ring (bicyclic) bond motifs is 2. The number of hydrogen-bond acceptors (Lipinski definition) is 2. The van der Waals surface area contributed by atoms with Gasteiger partial charge >= 0.3 is 0 Å². The quantitative estimate of drug-likeness (QED) is 0.876. The van der Waals surface area contributed by atoms with Crippen LogP contribution < -0.4 is 10.1 Å². The van der Waals surface area contributed by atoms with E-state index in [2.05, 4.69) is 12.2 Å². The molecule has 3 rings (SSSR count). The lowest BCUT2D eigenvalue weighted by Crippen LogP contribution is -2.35. The van der Waals surface area contributed by atoms with Crippen LogP contribution in [-0.4, -0.2) is 13.2 Å². The van der Waals surface area contributed by atoms with Crippen LogP contribution in [0.4, 0.5) is 0 Å². The Morgan fingerprint density at radius 1 is 1.35 bits per heavy atom. The average molecular weight is 294 g/mol. The molecule has 2 fully saturated rings. The summed E-state index contributed by atoms with van der Waals surface area (Å²) in [5.74, 6) is 3.75. The van der Waals surface area contributed by atoms with Crippen LogP contribution in [0.1, 0.15) is 38.2 Å². The first kappa shape index (κ1) is 14.2. The fourth-order valence-corrected chi connectivity index (χ4v) is 4.41. The van der Waals surface area contributed by atoms with Gasteiger partial charge in [-0.15, -0.1) is 0 Å². The third-order valence-electron chi connectivity index (χ3n) is 5.29. The van der Waals surface area contributed by atoms with Crippen molar-refractivity contribution >= 4 is 11.6 Å². The van der Waals surface area contributed by atoms with Crippen molar-refractivity contribution in [2.24, 2.45) is 17.8 Å². The second-order valence-electron chi connectivity index (χ2n) is 6.46. The van der Waals surface area contributed by atoms with Gasteiger partial charge in [0, 0.05) is 23.2 Å². The fourth-order valence-electron chi connectivity index (χ4n) is 4.21. The third-order valence-corrected chi connectivity index (χ3v) is 5.53. The van der Waals surface area contributed by atoms with Crippen LogP contribution in [-0.2, 0) is 6.54 Å². The summed E-state index contributed by atoms with van der Waals surface area (Å²) >= 11 is 6.08. The molecule has 2 aliphatic carbocycles. The minimum absolute atomic E-state index is 0.578. The zero-order valence-electron chi connectivity index (χ0n) is 12.4. The number of rotatable bonds is 5. The van der Waals surface area contributed by atoms with Crippen molar-refractivity contribution in [1.29, 1.82) is 0 Å². The summed E-state index contributed by atoms with van der Waals surface area (Å²) in [7, 11) is 1.71. The molecule has 0 radical (unpaired) electrons. The van der Waals surface area contributed by atoms with Gasteiger partial charge in [-0.25, -0.2) is 0 Å². The Bertz CT molecular complexity index is 476. The largest absolute Gasteiger partial charge is 0.496 e. The molecule has 3 heteroatoms. The molecular weight excluding hydrogens is 270 g/mol. The smallest absolute Gasteiger partial charge is 0.123 e. The molecule has 0 heterocycles. The van der Waals surface area contributed by atoms with Crippen molar-refractivity contribution < 1.29 is 4.74 Å². The minimum Gasteiger partial charge on any atom is -0.496 e. The lowest BCUT2D eigenvalue weighted by molar-refractivity contribution is 0.258. The molecule has 20 heavy (non-hydrogen) atoms. The maximum absolute atomic E-state index is 6.08. The molecule has 0 aliphatic heterocycles. The van der Waals surface area contributed by atoms with Crippen LogP contribution in [0.2, 0.25) is 5.02 Å². The van der Waals surface area contributed by atoms with E-state index < -0.39 is 0 Å². The molecule has 2 aliphatic rings. The lowest BCUT2D eigenvalue weighted by Gasteiger charge is -2.29. The predicted octanol–water partition coefficient (Wildman–Crippen LogP) is 4.26. The van der Waals surface area contributed by atoms with E-state index in [0.717, 1.165) is 40.6 Å².